The van der Waals surface area contributed by atoms with Crippen LogP contribution in [0.15, 0.2) is 24.2 Å². The summed E-state index contributed by atoms with van der Waals surface area (Å²) in [6, 6.07) is -1.62. The molecule has 1 unspecified atom stereocenters. The second-order valence-corrected chi connectivity index (χ2v) is 3.60. The number of rotatable bonds is 1. The summed E-state index contributed by atoms with van der Waals surface area (Å²) in [5, 5.41) is 12.7. The number of nitrogens with one attached hydrogen (secondary N) is 2. The highest BCUT2D eigenvalue weighted by Gasteiger charge is 2.45. The molecule has 1 atom stereocenters. The summed E-state index contributed by atoms with van der Waals surface area (Å²) < 4.78 is 37.8. The van der Waals surface area contributed by atoms with Crippen LogP contribution in [0.1, 0.15) is 6.92 Å². The van der Waals surface area contributed by atoms with Gasteiger partial charge >= 0.3 is 6.18 Å². The molecule has 2 rings (SSSR count). The first-order valence-electron chi connectivity index (χ1n) is 4.76. The molecule has 2 N–H and O–H groups in total. The lowest BCUT2D eigenvalue weighted by Crippen LogP contribution is -2.53. The van der Waals surface area contributed by atoms with Crippen LogP contribution in [-0.2, 0) is 0 Å². The maximum absolute atomic E-state index is 12.6. The zero-order valence-corrected chi connectivity index (χ0v) is 8.54. The molecule has 4 nitrogen and oxygen atoms in total. The Bertz CT molecular complexity index is 371. The standard InChI is InChI=1S/C9H11F3N4/c1-6(9(10,11)12)15-5-3-8-14-4-2-7(13)16(8)15/h2-4,6,13-14H,5H2,1H3. The number of alkyl halides is 3. The second-order valence-electron chi connectivity index (χ2n) is 3.60. The van der Waals surface area contributed by atoms with E-state index in [2.05, 4.69) is 5.32 Å². The van der Waals surface area contributed by atoms with Crippen molar-refractivity contribution in [2.45, 2.75) is 19.1 Å². The molecule has 0 saturated heterocycles. The van der Waals surface area contributed by atoms with Gasteiger partial charge < -0.3 is 5.32 Å². The van der Waals surface area contributed by atoms with E-state index in [1.807, 2.05) is 0 Å². The SMILES string of the molecule is CC(N1CC=C2NC=CC(=N)N21)C(F)(F)F. The smallest absolute Gasteiger partial charge is 0.347 e. The lowest BCUT2D eigenvalue weighted by atomic mass is 10.3. The van der Waals surface area contributed by atoms with Crippen LogP contribution in [0.2, 0.25) is 0 Å². The molecule has 0 aromatic heterocycles. The Morgan fingerprint density at radius 3 is 2.81 bits per heavy atom. The molecule has 2 aliphatic heterocycles. The van der Waals surface area contributed by atoms with Crippen molar-refractivity contribution in [3.63, 3.8) is 0 Å². The quantitative estimate of drug-likeness (QED) is 0.718. The second kappa shape index (κ2) is 3.51. The molecule has 2 heterocycles. The molecule has 0 radical (unpaired) electrons. The first-order chi connectivity index (χ1) is 7.41. The number of nitrogens with zero attached hydrogens (tertiary/aromatic N) is 2. The van der Waals surface area contributed by atoms with Crippen LogP contribution in [0.5, 0.6) is 0 Å². The molecule has 0 bridgehead atoms. The largest absolute Gasteiger partial charge is 0.405 e. The predicted molar refractivity (Wildman–Crippen MR) is 52.1 cm³/mol. The van der Waals surface area contributed by atoms with Crippen LogP contribution in [0.3, 0.4) is 0 Å². The van der Waals surface area contributed by atoms with Crippen LogP contribution in [0.4, 0.5) is 13.2 Å². The first kappa shape index (κ1) is 11.0. The van der Waals surface area contributed by atoms with E-state index in [0.29, 0.717) is 5.82 Å². The van der Waals surface area contributed by atoms with E-state index in [1.54, 1.807) is 6.08 Å². The average molecular weight is 232 g/mol. The summed E-state index contributed by atoms with van der Waals surface area (Å²) in [7, 11) is 0. The molecular formula is C9H11F3N4. The Morgan fingerprint density at radius 2 is 2.19 bits per heavy atom. The number of hydrogen-bond acceptors (Lipinski definition) is 3. The zero-order chi connectivity index (χ0) is 11.9. The van der Waals surface area contributed by atoms with Crippen molar-refractivity contribution in [2.24, 2.45) is 0 Å². The van der Waals surface area contributed by atoms with Crippen molar-refractivity contribution in [1.82, 2.24) is 15.3 Å². The summed E-state index contributed by atoms with van der Waals surface area (Å²) >= 11 is 0. The minimum Gasteiger partial charge on any atom is -0.347 e. The molecule has 0 aromatic rings. The summed E-state index contributed by atoms with van der Waals surface area (Å²) in [4.78, 5) is 0. The van der Waals surface area contributed by atoms with Gasteiger partial charge in [-0.25, -0.2) is 5.01 Å². The number of hydrazine groups is 1. The van der Waals surface area contributed by atoms with Crippen molar-refractivity contribution < 1.29 is 13.2 Å². The van der Waals surface area contributed by atoms with E-state index in [-0.39, 0.29) is 12.4 Å². The van der Waals surface area contributed by atoms with Crippen molar-refractivity contribution in [1.29, 1.82) is 5.41 Å². The van der Waals surface area contributed by atoms with Gasteiger partial charge in [-0.1, -0.05) is 0 Å². The van der Waals surface area contributed by atoms with Crippen LogP contribution >= 0.6 is 0 Å². The predicted octanol–water partition coefficient (Wildman–Crippen LogP) is 1.41. The van der Waals surface area contributed by atoms with Gasteiger partial charge in [-0.3, -0.25) is 5.41 Å². The molecule has 0 amide bonds. The molecule has 88 valence electrons. The van der Waals surface area contributed by atoms with Crippen LogP contribution < -0.4 is 5.32 Å². The van der Waals surface area contributed by atoms with Gasteiger partial charge in [-0.05, 0) is 19.1 Å². The van der Waals surface area contributed by atoms with Crippen molar-refractivity contribution >= 4 is 5.84 Å². The van der Waals surface area contributed by atoms with Crippen molar-refractivity contribution in [3.05, 3.63) is 24.2 Å². The number of halogens is 3. The van der Waals surface area contributed by atoms with E-state index in [9.17, 15) is 13.2 Å². The van der Waals surface area contributed by atoms with Gasteiger partial charge in [-0.2, -0.15) is 18.2 Å². The third kappa shape index (κ3) is 1.67. The van der Waals surface area contributed by atoms with Gasteiger partial charge in [-0.15, -0.1) is 0 Å². The summed E-state index contributed by atoms with van der Waals surface area (Å²) in [6.45, 7) is 1.23. The average Bonchev–Trinajstić information content (AvgIpc) is 2.60. The highest BCUT2D eigenvalue weighted by Crippen LogP contribution is 2.30. The van der Waals surface area contributed by atoms with E-state index < -0.39 is 12.2 Å². The lowest BCUT2D eigenvalue weighted by Gasteiger charge is -2.37. The van der Waals surface area contributed by atoms with Crippen molar-refractivity contribution in [3.8, 4) is 0 Å². The zero-order valence-electron chi connectivity index (χ0n) is 8.54. The number of fused-ring (bicyclic) bond motifs is 1. The van der Waals surface area contributed by atoms with Gasteiger partial charge in [0.15, 0.2) is 0 Å². The molecule has 0 aromatic carbocycles. The first-order valence-corrected chi connectivity index (χ1v) is 4.76. The van der Waals surface area contributed by atoms with Gasteiger partial charge in [0, 0.05) is 12.7 Å². The van der Waals surface area contributed by atoms with Gasteiger partial charge in [0.2, 0.25) is 0 Å². The number of amidine groups is 1. The normalized spacial score (nSPS) is 22.9. The van der Waals surface area contributed by atoms with Crippen LogP contribution in [0, 0.1) is 5.41 Å². The van der Waals surface area contributed by atoms with Crippen molar-refractivity contribution in [2.75, 3.05) is 6.54 Å². The molecule has 16 heavy (non-hydrogen) atoms. The van der Waals surface area contributed by atoms with E-state index in [0.717, 1.165) is 11.9 Å². The van der Waals surface area contributed by atoms with Gasteiger partial charge in [0.25, 0.3) is 0 Å². The fourth-order valence-corrected chi connectivity index (χ4v) is 1.65. The van der Waals surface area contributed by atoms with Gasteiger partial charge in [0.1, 0.15) is 17.7 Å². The summed E-state index contributed by atoms with van der Waals surface area (Å²) in [6.07, 6.45) is 0.274. The highest BCUT2D eigenvalue weighted by atomic mass is 19.4. The van der Waals surface area contributed by atoms with Crippen LogP contribution in [0.25, 0.3) is 0 Å². The molecule has 0 saturated carbocycles. The Labute approximate surface area is 90.5 Å². The molecule has 2 aliphatic rings. The third-order valence-electron chi connectivity index (χ3n) is 2.58. The van der Waals surface area contributed by atoms with E-state index >= 15 is 0 Å². The minimum absolute atomic E-state index is 0.0265. The minimum atomic E-state index is -4.30. The Morgan fingerprint density at radius 1 is 1.50 bits per heavy atom. The Kier molecular flexibility index (Phi) is 2.42. The molecule has 0 fully saturated rings. The maximum Gasteiger partial charge on any atom is 0.405 e. The molecular weight excluding hydrogens is 221 g/mol. The summed E-state index contributed by atoms with van der Waals surface area (Å²) in [5.74, 6) is 0.530. The van der Waals surface area contributed by atoms with Crippen LogP contribution in [-0.4, -0.2) is 34.6 Å². The van der Waals surface area contributed by atoms with Gasteiger partial charge in [0.05, 0.1) is 0 Å². The fraction of sp³-hybridized carbons (Fsp3) is 0.444. The molecule has 0 aliphatic carbocycles. The number of hydrogen-bond donors (Lipinski definition) is 2. The van der Waals surface area contributed by atoms with E-state index in [4.69, 9.17) is 5.41 Å². The third-order valence-corrected chi connectivity index (χ3v) is 2.58. The Hall–Kier alpha value is -1.50. The monoisotopic (exact) mass is 232 g/mol. The highest BCUT2D eigenvalue weighted by molar-refractivity contribution is 5.92. The lowest BCUT2D eigenvalue weighted by molar-refractivity contribution is -0.196. The van der Waals surface area contributed by atoms with E-state index in [1.165, 1.54) is 17.3 Å². The molecule has 0 spiro atoms. The maximum atomic E-state index is 12.6. The Balaban J connectivity index is 2.22. The topological polar surface area (TPSA) is 42.4 Å². The molecule has 7 heteroatoms. The fourth-order valence-electron chi connectivity index (χ4n) is 1.65. The summed E-state index contributed by atoms with van der Waals surface area (Å²) in [5.41, 5.74) is 0.